The lowest BCUT2D eigenvalue weighted by Crippen LogP contribution is -2.37. The number of nitrogens with one attached hydrogen (secondary N) is 1. The summed E-state index contributed by atoms with van der Waals surface area (Å²) in [5.41, 5.74) is -0.00749. The normalized spacial score (nSPS) is 22.6. The molecule has 3 heteroatoms. The van der Waals surface area contributed by atoms with Crippen LogP contribution in [0, 0.1) is 0 Å². The topological polar surface area (TPSA) is 24.5 Å². The monoisotopic (exact) mass is 214 g/mol. The summed E-state index contributed by atoms with van der Waals surface area (Å²) in [7, 11) is 2.17. The Balaban J connectivity index is 2.05. The molecule has 0 aromatic heterocycles. The van der Waals surface area contributed by atoms with Crippen LogP contribution in [0.4, 0.5) is 0 Å². The second-order valence-corrected chi connectivity index (χ2v) is 5.52. The van der Waals surface area contributed by atoms with E-state index in [1.54, 1.807) is 0 Å². The van der Waals surface area contributed by atoms with E-state index in [4.69, 9.17) is 4.74 Å². The van der Waals surface area contributed by atoms with Crippen LogP contribution in [-0.2, 0) is 4.74 Å². The SMILES string of the molecule is CN(CCOC(C)(C)C)CC1CCCN1. The Morgan fingerprint density at radius 1 is 1.40 bits per heavy atom. The number of ether oxygens (including phenoxy) is 1. The molecule has 90 valence electrons. The molecule has 1 aliphatic heterocycles. The predicted molar refractivity (Wildman–Crippen MR) is 64.2 cm³/mol. The molecule has 15 heavy (non-hydrogen) atoms. The summed E-state index contributed by atoms with van der Waals surface area (Å²) in [6, 6.07) is 0.699. The van der Waals surface area contributed by atoms with E-state index < -0.39 is 0 Å². The zero-order valence-corrected chi connectivity index (χ0v) is 10.7. The number of likely N-dealkylation sites (N-methyl/N-ethyl adjacent to an activating group) is 1. The number of hydrogen-bond acceptors (Lipinski definition) is 3. The summed E-state index contributed by atoms with van der Waals surface area (Å²) in [5, 5.41) is 3.51. The summed E-state index contributed by atoms with van der Waals surface area (Å²) < 4.78 is 5.70. The van der Waals surface area contributed by atoms with Gasteiger partial charge in [-0.05, 0) is 47.2 Å². The van der Waals surface area contributed by atoms with E-state index in [-0.39, 0.29) is 5.60 Å². The molecule has 1 heterocycles. The third-order valence-corrected chi connectivity index (χ3v) is 2.70. The molecule has 1 aliphatic rings. The fraction of sp³-hybridized carbons (Fsp3) is 1.00. The van der Waals surface area contributed by atoms with Gasteiger partial charge in [0.2, 0.25) is 0 Å². The van der Waals surface area contributed by atoms with Gasteiger partial charge in [-0.25, -0.2) is 0 Å². The van der Waals surface area contributed by atoms with Crippen molar-refractivity contribution in [2.75, 3.05) is 33.3 Å². The van der Waals surface area contributed by atoms with Gasteiger partial charge < -0.3 is 15.0 Å². The van der Waals surface area contributed by atoms with Crippen molar-refractivity contribution in [3.05, 3.63) is 0 Å². The minimum absolute atomic E-state index is 0.00749. The van der Waals surface area contributed by atoms with E-state index in [0.717, 1.165) is 19.7 Å². The van der Waals surface area contributed by atoms with Gasteiger partial charge >= 0.3 is 0 Å². The Labute approximate surface area is 94.2 Å². The van der Waals surface area contributed by atoms with E-state index >= 15 is 0 Å². The van der Waals surface area contributed by atoms with Crippen molar-refractivity contribution < 1.29 is 4.74 Å². The van der Waals surface area contributed by atoms with Crippen LogP contribution in [0.15, 0.2) is 0 Å². The lowest BCUT2D eigenvalue weighted by atomic mass is 10.2. The van der Waals surface area contributed by atoms with Crippen molar-refractivity contribution in [1.29, 1.82) is 0 Å². The van der Waals surface area contributed by atoms with Gasteiger partial charge in [-0.15, -0.1) is 0 Å². The molecule has 0 aromatic carbocycles. The summed E-state index contributed by atoms with van der Waals surface area (Å²) in [4.78, 5) is 2.36. The molecule has 0 aliphatic carbocycles. The van der Waals surface area contributed by atoms with Gasteiger partial charge in [0.15, 0.2) is 0 Å². The largest absolute Gasteiger partial charge is 0.375 e. The Bertz CT molecular complexity index is 171. The second kappa shape index (κ2) is 5.83. The van der Waals surface area contributed by atoms with Crippen LogP contribution in [0.3, 0.4) is 0 Å². The summed E-state index contributed by atoms with van der Waals surface area (Å²) in [6.07, 6.45) is 2.65. The molecule has 0 radical (unpaired) electrons. The lowest BCUT2D eigenvalue weighted by molar-refractivity contribution is -0.0112. The van der Waals surface area contributed by atoms with E-state index in [0.29, 0.717) is 6.04 Å². The number of rotatable bonds is 5. The van der Waals surface area contributed by atoms with Crippen LogP contribution in [-0.4, -0.2) is 49.8 Å². The van der Waals surface area contributed by atoms with Gasteiger partial charge in [0.05, 0.1) is 12.2 Å². The molecule has 0 saturated carbocycles. The zero-order valence-electron chi connectivity index (χ0n) is 10.7. The zero-order chi connectivity index (χ0) is 11.3. The molecule has 0 spiro atoms. The Hall–Kier alpha value is -0.120. The predicted octanol–water partition coefficient (Wildman–Crippen LogP) is 1.49. The first-order chi connectivity index (χ1) is 6.97. The molecule has 3 nitrogen and oxygen atoms in total. The molecular formula is C12H26N2O. The van der Waals surface area contributed by atoms with Crippen LogP contribution < -0.4 is 5.32 Å². The highest BCUT2D eigenvalue weighted by atomic mass is 16.5. The minimum atomic E-state index is -0.00749. The Morgan fingerprint density at radius 2 is 2.13 bits per heavy atom. The highest BCUT2D eigenvalue weighted by Crippen LogP contribution is 2.08. The van der Waals surface area contributed by atoms with E-state index in [2.05, 4.69) is 38.0 Å². The fourth-order valence-electron chi connectivity index (χ4n) is 1.89. The Kier molecular flexibility index (Phi) is 5.03. The molecule has 0 bridgehead atoms. The molecule has 0 amide bonds. The van der Waals surface area contributed by atoms with Crippen molar-refractivity contribution in [3.63, 3.8) is 0 Å². The maximum absolute atomic E-state index is 5.70. The minimum Gasteiger partial charge on any atom is -0.375 e. The quantitative estimate of drug-likeness (QED) is 0.750. The van der Waals surface area contributed by atoms with Crippen molar-refractivity contribution in [2.24, 2.45) is 0 Å². The first-order valence-corrected chi connectivity index (χ1v) is 6.03. The number of nitrogens with zero attached hydrogens (tertiary/aromatic N) is 1. The van der Waals surface area contributed by atoms with Crippen molar-refractivity contribution >= 4 is 0 Å². The first kappa shape index (κ1) is 12.9. The van der Waals surface area contributed by atoms with Crippen molar-refractivity contribution in [3.8, 4) is 0 Å². The van der Waals surface area contributed by atoms with E-state index in [1.165, 1.54) is 19.4 Å². The maximum Gasteiger partial charge on any atom is 0.0600 e. The van der Waals surface area contributed by atoms with Crippen LogP contribution in [0.25, 0.3) is 0 Å². The average Bonchev–Trinajstić information content (AvgIpc) is 2.54. The standard InChI is InChI=1S/C12H26N2O/c1-12(2,3)15-9-8-14(4)10-11-6-5-7-13-11/h11,13H,5-10H2,1-4H3. The average molecular weight is 214 g/mol. The maximum atomic E-state index is 5.70. The van der Waals surface area contributed by atoms with Gasteiger partial charge in [0, 0.05) is 19.1 Å². The molecule has 1 atom stereocenters. The molecule has 1 N–H and O–H groups in total. The van der Waals surface area contributed by atoms with Crippen LogP contribution in [0.2, 0.25) is 0 Å². The van der Waals surface area contributed by atoms with Crippen LogP contribution in [0.1, 0.15) is 33.6 Å². The molecule has 0 aromatic rings. The smallest absolute Gasteiger partial charge is 0.0600 e. The summed E-state index contributed by atoms with van der Waals surface area (Å²) >= 11 is 0. The lowest BCUT2D eigenvalue weighted by Gasteiger charge is -2.24. The highest BCUT2D eigenvalue weighted by Gasteiger charge is 2.16. The first-order valence-electron chi connectivity index (χ1n) is 6.03. The van der Waals surface area contributed by atoms with E-state index in [9.17, 15) is 0 Å². The van der Waals surface area contributed by atoms with Gasteiger partial charge in [-0.3, -0.25) is 0 Å². The second-order valence-electron chi connectivity index (χ2n) is 5.52. The Morgan fingerprint density at radius 3 is 2.67 bits per heavy atom. The van der Waals surface area contributed by atoms with Crippen molar-refractivity contribution in [2.45, 2.75) is 45.3 Å². The fourth-order valence-corrected chi connectivity index (χ4v) is 1.89. The molecule has 1 saturated heterocycles. The third-order valence-electron chi connectivity index (χ3n) is 2.70. The number of hydrogen-bond donors (Lipinski definition) is 1. The van der Waals surface area contributed by atoms with Crippen molar-refractivity contribution in [1.82, 2.24) is 10.2 Å². The summed E-state index contributed by atoms with van der Waals surface area (Å²) in [6.45, 7) is 10.5. The van der Waals surface area contributed by atoms with Gasteiger partial charge in [0.25, 0.3) is 0 Å². The summed E-state index contributed by atoms with van der Waals surface area (Å²) in [5.74, 6) is 0. The van der Waals surface area contributed by atoms with Gasteiger partial charge in [-0.1, -0.05) is 0 Å². The van der Waals surface area contributed by atoms with Gasteiger partial charge in [0.1, 0.15) is 0 Å². The molecule has 1 fully saturated rings. The van der Waals surface area contributed by atoms with Crippen LogP contribution >= 0.6 is 0 Å². The van der Waals surface area contributed by atoms with Gasteiger partial charge in [-0.2, -0.15) is 0 Å². The highest BCUT2D eigenvalue weighted by molar-refractivity contribution is 4.76. The molecule has 1 unspecified atom stereocenters. The molecular weight excluding hydrogens is 188 g/mol. The van der Waals surface area contributed by atoms with Crippen LogP contribution in [0.5, 0.6) is 0 Å². The van der Waals surface area contributed by atoms with E-state index in [1.807, 2.05) is 0 Å². The molecule has 1 rings (SSSR count). The third kappa shape index (κ3) is 6.13.